The highest BCUT2D eigenvalue weighted by Gasteiger charge is 2.34. The van der Waals surface area contributed by atoms with E-state index in [1.165, 1.54) is 32.1 Å². The average molecular weight is 300 g/mol. The highest BCUT2D eigenvalue weighted by molar-refractivity contribution is 6.42. The number of halogens is 2. The van der Waals surface area contributed by atoms with Crippen molar-refractivity contribution in [1.82, 2.24) is 0 Å². The van der Waals surface area contributed by atoms with Crippen LogP contribution >= 0.6 is 23.2 Å². The standard InChI is InChI=1S/C16H23Cl2N/c1-2-12-6-8-16(11-19,9-7-12)10-13-4-3-5-14(17)15(13)18/h3-5,12H,2,6-11,19H2,1H3. The largest absolute Gasteiger partial charge is 0.330 e. The molecular formula is C16H23Cl2N. The summed E-state index contributed by atoms with van der Waals surface area (Å²) >= 11 is 12.4. The lowest BCUT2D eigenvalue weighted by molar-refractivity contribution is 0.153. The molecule has 2 rings (SSSR count). The molecule has 0 saturated heterocycles. The second kappa shape index (κ2) is 6.47. The first-order valence-electron chi connectivity index (χ1n) is 7.23. The highest BCUT2D eigenvalue weighted by atomic mass is 35.5. The molecule has 1 aliphatic carbocycles. The van der Waals surface area contributed by atoms with Gasteiger partial charge in [-0.05, 0) is 61.6 Å². The van der Waals surface area contributed by atoms with Crippen LogP contribution in [0, 0.1) is 11.3 Å². The van der Waals surface area contributed by atoms with Crippen molar-refractivity contribution in [1.29, 1.82) is 0 Å². The summed E-state index contributed by atoms with van der Waals surface area (Å²) in [6.07, 6.45) is 7.27. The van der Waals surface area contributed by atoms with E-state index in [2.05, 4.69) is 13.0 Å². The molecule has 0 spiro atoms. The van der Waals surface area contributed by atoms with Crippen LogP contribution in [0.15, 0.2) is 18.2 Å². The van der Waals surface area contributed by atoms with Crippen LogP contribution in [0.5, 0.6) is 0 Å². The second-order valence-corrected chi connectivity index (χ2v) is 6.73. The van der Waals surface area contributed by atoms with E-state index in [1.54, 1.807) is 0 Å². The van der Waals surface area contributed by atoms with Crippen molar-refractivity contribution in [2.45, 2.75) is 45.4 Å². The molecule has 0 radical (unpaired) electrons. The molecule has 1 aromatic carbocycles. The normalized spacial score (nSPS) is 27.5. The number of benzene rings is 1. The Hall–Kier alpha value is -0.240. The Morgan fingerprint density at radius 1 is 1.26 bits per heavy atom. The summed E-state index contributed by atoms with van der Waals surface area (Å²) in [7, 11) is 0. The molecular weight excluding hydrogens is 277 g/mol. The molecule has 0 aliphatic heterocycles. The predicted octanol–water partition coefficient (Wildman–Crippen LogP) is 5.08. The summed E-state index contributed by atoms with van der Waals surface area (Å²) in [5.74, 6) is 0.884. The van der Waals surface area contributed by atoms with E-state index >= 15 is 0 Å². The Morgan fingerprint density at radius 2 is 1.95 bits per heavy atom. The molecule has 3 heteroatoms. The van der Waals surface area contributed by atoms with Crippen LogP contribution in [0.4, 0.5) is 0 Å². The van der Waals surface area contributed by atoms with Crippen LogP contribution in [0.25, 0.3) is 0 Å². The van der Waals surface area contributed by atoms with Crippen molar-refractivity contribution >= 4 is 23.2 Å². The first-order valence-corrected chi connectivity index (χ1v) is 7.99. The van der Waals surface area contributed by atoms with Crippen LogP contribution in [0.1, 0.15) is 44.6 Å². The summed E-state index contributed by atoms with van der Waals surface area (Å²) in [4.78, 5) is 0. The first kappa shape index (κ1) is 15.2. The maximum Gasteiger partial charge on any atom is 0.0624 e. The van der Waals surface area contributed by atoms with Gasteiger partial charge in [0.2, 0.25) is 0 Å². The van der Waals surface area contributed by atoms with Gasteiger partial charge in [-0.2, -0.15) is 0 Å². The third-order valence-corrected chi connectivity index (χ3v) is 5.63. The Bertz CT molecular complexity index is 423. The molecule has 0 aromatic heterocycles. The minimum Gasteiger partial charge on any atom is -0.330 e. The van der Waals surface area contributed by atoms with Gasteiger partial charge in [0.25, 0.3) is 0 Å². The molecule has 0 amide bonds. The van der Waals surface area contributed by atoms with Crippen LogP contribution in [0.3, 0.4) is 0 Å². The zero-order chi connectivity index (χ0) is 13.9. The molecule has 0 atom stereocenters. The Morgan fingerprint density at radius 3 is 2.53 bits per heavy atom. The molecule has 0 bridgehead atoms. The first-order chi connectivity index (χ1) is 9.10. The number of hydrogen-bond acceptors (Lipinski definition) is 1. The van der Waals surface area contributed by atoms with Crippen LogP contribution in [-0.4, -0.2) is 6.54 Å². The van der Waals surface area contributed by atoms with E-state index in [0.29, 0.717) is 10.0 Å². The number of hydrogen-bond donors (Lipinski definition) is 1. The van der Waals surface area contributed by atoms with Crippen molar-refractivity contribution < 1.29 is 0 Å². The SMILES string of the molecule is CCC1CCC(CN)(Cc2cccc(Cl)c2Cl)CC1. The Balaban J connectivity index is 2.13. The monoisotopic (exact) mass is 299 g/mol. The van der Waals surface area contributed by atoms with Crippen molar-refractivity contribution in [3.8, 4) is 0 Å². The molecule has 1 nitrogen and oxygen atoms in total. The minimum absolute atomic E-state index is 0.222. The van der Waals surface area contributed by atoms with Gasteiger partial charge in [0.15, 0.2) is 0 Å². The van der Waals surface area contributed by atoms with E-state index in [4.69, 9.17) is 28.9 Å². The van der Waals surface area contributed by atoms with Gasteiger partial charge in [-0.25, -0.2) is 0 Å². The molecule has 19 heavy (non-hydrogen) atoms. The lowest BCUT2D eigenvalue weighted by Gasteiger charge is -2.39. The molecule has 2 N–H and O–H groups in total. The van der Waals surface area contributed by atoms with E-state index < -0.39 is 0 Å². The van der Waals surface area contributed by atoms with Gasteiger partial charge < -0.3 is 5.73 Å². The molecule has 106 valence electrons. The fourth-order valence-electron chi connectivity index (χ4n) is 3.24. The quantitative estimate of drug-likeness (QED) is 0.824. The van der Waals surface area contributed by atoms with E-state index in [9.17, 15) is 0 Å². The second-order valence-electron chi connectivity index (χ2n) is 5.95. The number of rotatable bonds is 4. The fraction of sp³-hybridized carbons (Fsp3) is 0.625. The van der Waals surface area contributed by atoms with Crippen LogP contribution < -0.4 is 5.73 Å². The summed E-state index contributed by atoms with van der Waals surface area (Å²) in [6, 6.07) is 5.90. The van der Waals surface area contributed by atoms with Gasteiger partial charge in [0, 0.05) is 0 Å². The van der Waals surface area contributed by atoms with Crippen molar-refractivity contribution in [2.24, 2.45) is 17.1 Å². The third kappa shape index (κ3) is 3.45. The summed E-state index contributed by atoms with van der Waals surface area (Å²) in [5, 5.41) is 1.35. The number of nitrogens with two attached hydrogens (primary N) is 1. The highest BCUT2D eigenvalue weighted by Crippen LogP contribution is 2.43. The lowest BCUT2D eigenvalue weighted by Crippen LogP contribution is -2.36. The maximum atomic E-state index is 6.31. The smallest absolute Gasteiger partial charge is 0.0624 e. The van der Waals surface area contributed by atoms with Gasteiger partial charge in [0.05, 0.1) is 10.0 Å². The van der Waals surface area contributed by atoms with Gasteiger partial charge in [-0.1, -0.05) is 48.7 Å². The van der Waals surface area contributed by atoms with Crippen LogP contribution in [0.2, 0.25) is 10.0 Å². The van der Waals surface area contributed by atoms with E-state index in [0.717, 1.165) is 24.4 Å². The summed E-state index contributed by atoms with van der Waals surface area (Å²) < 4.78 is 0. The van der Waals surface area contributed by atoms with E-state index in [1.807, 2.05) is 12.1 Å². The minimum atomic E-state index is 0.222. The van der Waals surface area contributed by atoms with E-state index in [-0.39, 0.29) is 5.41 Å². The molecule has 1 fully saturated rings. The maximum absolute atomic E-state index is 6.31. The zero-order valence-electron chi connectivity index (χ0n) is 11.6. The van der Waals surface area contributed by atoms with Gasteiger partial charge in [-0.3, -0.25) is 0 Å². The third-order valence-electron chi connectivity index (χ3n) is 4.77. The Kier molecular flexibility index (Phi) is 5.16. The van der Waals surface area contributed by atoms with Gasteiger partial charge >= 0.3 is 0 Å². The predicted molar refractivity (Wildman–Crippen MR) is 83.9 cm³/mol. The lowest BCUT2D eigenvalue weighted by atomic mass is 9.67. The molecule has 1 aromatic rings. The summed E-state index contributed by atoms with van der Waals surface area (Å²) in [6.45, 7) is 3.03. The van der Waals surface area contributed by atoms with Crippen molar-refractivity contribution in [2.75, 3.05) is 6.54 Å². The summed E-state index contributed by atoms with van der Waals surface area (Å²) in [5.41, 5.74) is 7.45. The molecule has 1 aliphatic rings. The molecule has 0 unspecified atom stereocenters. The Labute approximate surface area is 126 Å². The van der Waals surface area contributed by atoms with Crippen molar-refractivity contribution in [3.05, 3.63) is 33.8 Å². The molecule has 1 saturated carbocycles. The van der Waals surface area contributed by atoms with Gasteiger partial charge in [-0.15, -0.1) is 0 Å². The van der Waals surface area contributed by atoms with Crippen LogP contribution in [-0.2, 0) is 6.42 Å². The fourth-order valence-corrected chi connectivity index (χ4v) is 3.63. The van der Waals surface area contributed by atoms with Crippen molar-refractivity contribution in [3.63, 3.8) is 0 Å². The van der Waals surface area contributed by atoms with Gasteiger partial charge in [0.1, 0.15) is 0 Å². The zero-order valence-corrected chi connectivity index (χ0v) is 13.1. The topological polar surface area (TPSA) is 26.0 Å². The average Bonchev–Trinajstić information content (AvgIpc) is 2.45. The molecule has 0 heterocycles.